The molecule has 3 fully saturated rings. The zero-order valence-electron chi connectivity index (χ0n) is 26.7. The third kappa shape index (κ3) is 4.56. The maximum absolute atomic E-state index is 10.7. The molecule has 0 spiro atoms. The minimum atomic E-state index is -1.94. The van der Waals surface area contributed by atoms with E-state index in [0.717, 1.165) is 5.54 Å². The van der Waals surface area contributed by atoms with Crippen LogP contribution in [0.25, 0.3) is 0 Å². The molecule has 3 saturated carbocycles. The number of aliphatic hydroxyl groups excluding tert-OH is 1. The average Bonchev–Trinajstić information content (AvgIpc) is 3.09. The maximum Gasteiger partial charge on any atom is 0.192 e. The van der Waals surface area contributed by atoms with Gasteiger partial charge in [0.1, 0.15) is 0 Å². The van der Waals surface area contributed by atoms with Crippen molar-refractivity contribution in [2.75, 3.05) is 0 Å². The Morgan fingerprint density at radius 3 is 2.08 bits per heavy atom. The quantitative estimate of drug-likeness (QED) is 0.357. The molecule has 4 aliphatic rings. The maximum atomic E-state index is 10.7. The molecule has 0 heterocycles. The fourth-order valence-corrected chi connectivity index (χ4v) is 12.9. The predicted molar refractivity (Wildman–Crippen MR) is 165 cm³/mol. The lowest BCUT2D eigenvalue weighted by Gasteiger charge is -2.61. The zero-order valence-corrected chi connectivity index (χ0v) is 28.7. The first-order valence-electron chi connectivity index (χ1n) is 15.4. The number of hydrogen-bond donors (Lipinski definition) is 1. The molecule has 37 heavy (non-hydrogen) atoms. The van der Waals surface area contributed by atoms with Gasteiger partial charge in [0.2, 0.25) is 0 Å². The highest BCUT2D eigenvalue weighted by atomic mass is 28.4. The molecule has 0 aliphatic heterocycles. The molecule has 0 aromatic heterocycles. The van der Waals surface area contributed by atoms with Gasteiger partial charge in [-0.05, 0) is 97.3 Å². The van der Waals surface area contributed by atoms with Gasteiger partial charge < -0.3 is 9.53 Å². The summed E-state index contributed by atoms with van der Waals surface area (Å²) in [5, 5.41) is 11.3. The third-order valence-corrected chi connectivity index (χ3v) is 24.3. The van der Waals surface area contributed by atoms with E-state index in [2.05, 4.69) is 93.7 Å². The van der Waals surface area contributed by atoms with Crippen LogP contribution >= 0.6 is 0 Å². The molecular weight excluding hydrogens is 485 g/mol. The van der Waals surface area contributed by atoms with Crippen LogP contribution in [0.15, 0.2) is 23.3 Å². The van der Waals surface area contributed by atoms with Crippen LogP contribution in [0.2, 0.25) is 41.8 Å². The number of fused-ring (bicyclic) bond motifs is 5. The Balaban J connectivity index is 1.79. The minimum Gasteiger partial charge on any atom is -0.413 e. The Kier molecular flexibility index (Phi) is 7.39. The van der Waals surface area contributed by atoms with Crippen molar-refractivity contribution >= 4 is 16.4 Å². The topological polar surface area (TPSA) is 29.5 Å². The van der Waals surface area contributed by atoms with Crippen LogP contribution in [-0.2, 0) is 4.43 Å². The lowest BCUT2D eigenvalue weighted by Crippen LogP contribution is -2.58. The molecule has 0 bridgehead atoms. The molecule has 0 aromatic rings. The normalized spacial score (nSPS) is 39.8. The molecule has 0 aromatic carbocycles. The summed E-state index contributed by atoms with van der Waals surface area (Å²) in [5.74, 6) is 1.65. The van der Waals surface area contributed by atoms with Crippen LogP contribution in [0.4, 0.5) is 0 Å². The average molecular weight is 545 g/mol. The number of rotatable bonds is 4. The van der Waals surface area contributed by atoms with Crippen molar-refractivity contribution in [1.29, 1.82) is 0 Å². The highest BCUT2D eigenvalue weighted by molar-refractivity contribution is 6.81. The van der Waals surface area contributed by atoms with E-state index in [4.69, 9.17) is 4.43 Å². The SMILES string of the molecule is C[C@H](O)[C@H]1CCC2C3=CC=C4C[C@@H]([Si](C)(C)C(C)(C)C)C[C@H](O[Si](C)(C)C(C)(C)C)[C@]4(C)C3CC[C@@]21C. The van der Waals surface area contributed by atoms with Gasteiger partial charge >= 0.3 is 0 Å². The van der Waals surface area contributed by atoms with Crippen LogP contribution in [0, 0.1) is 28.6 Å². The zero-order chi connectivity index (χ0) is 28.0. The molecule has 0 saturated heterocycles. The molecule has 2 nitrogen and oxygen atoms in total. The van der Waals surface area contributed by atoms with E-state index in [1.54, 1.807) is 11.1 Å². The van der Waals surface area contributed by atoms with Crippen molar-refractivity contribution in [2.45, 2.75) is 155 Å². The van der Waals surface area contributed by atoms with Crippen LogP contribution in [0.1, 0.15) is 101 Å². The molecule has 8 atom stereocenters. The fourth-order valence-electron chi connectivity index (χ4n) is 8.74. The van der Waals surface area contributed by atoms with Crippen molar-refractivity contribution in [3.05, 3.63) is 23.3 Å². The van der Waals surface area contributed by atoms with Gasteiger partial charge in [-0.1, -0.05) is 91.8 Å². The van der Waals surface area contributed by atoms with Crippen molar-refractivity contribution < 1.29 is 9.53 Å². The monoisotopic (exact) mass is 544 g/mol. The van der Waals surface area contributed by atoms with Crippen molar-refractivity contribution in [2.24, 2.45) is 28.6 Å². The van der Waals surface area contributed by atoms with Crippen molar-refractivity contribution in [1.82, 2.24) is 0 Å². The molecular formula is C33H60O2Si2. The third-order valence-electron chi connectivity index (χ3n) is 13.5. The molecule has 0 amide bonds. The smallest absolute Gasteiger partial charge is 0.192 e. The summed E-state index contributed by atoms with van der Waals surface area (Å²) in [6.07, 6.45) is 12.7. The van der Waals surface area contributed by atoms with Crippen molar-refractivity contribution in [3.8, 4) is 0 Å². The second kappa shape index (κ2) is 9.18. The van der Waals surface area contributed by atoms with E-state index in [9.17, 15) is 5.11 Å². The summed E-state index contributed by atoms with van der Waals surface area (Å²) in [4.78, 5) is 0. The summed E-state index contributed by atoms with van der Waals surface area (Å²) in [7, 11) is -3.47. The lowest BCUT2D eigenvalue weighted by molar-refractivity contribution is -0.0273. The Hall–Kier alpha value is -0.166. The second-order valence-corrected chi connectivity index (χ2v) is 27.7. The highest BCUT2D eigenvalue weighted by Crippen LogP contribution is 2.67. The van der Waals surface area contributed by atoms with Gasteiger partial charge in [0, 0.05) is 5.41 Å². The summed E-state index contributed by atoms with van der Waals surface area (Å²) in [6, 6.07) is 0. The molecule has 4 heteroatoms. The van der Waals surface area contributed by atoms with Crippen LogP contribution in [0.3, 0.4) is 0 Å². The minimum absolute atomic E-state index is 0.0999. The van der Waals surface area contributed by atoms with E-state index in [-0.39, 0.29) is 22.0 Å². The first-order chi connectivity index (χ1) is 16.7. The predicted octanol–water partition coefficient (Wildman–Crippen LogP) is 9.75. The van der Waals surface area contributed by atoms with Crippen LogP contribution in [0.5, 0.6) is 0 Å². The molecule has 2 unspecified atom stereocenters. The standard InChI is InChI=1S/C33H60O2Si2/c1-22(34)26-16-17-27-25-15-14-23-20-24(36(10,11)30(2,3)4)21-29(35-37(12,13)31(5,6)7)33(23,9)28(25)18-19-32(26,27)8/h14-15,22,24,26-29,34H,16-21H2,1-13H3/t22-,24+,26+,27?,28?,29-,32+,33-/m0/s1. The summed E-state index contributed by atoms with van der Waals surface area (Å²) in [6.45, 7) is 32.1. The summed E-state index contributed by atoms with van der Waals surface area (Å²) in [5.41, 5.74) is 4.50. The van der Waals surface area contributed by atoms with Gasteiger partial charge in [0.05, 0.1) is 20.3 Å². The Bertz CT molecular complexity index is 946. The number of allylic oxidation sites excluding steroid dienone is 3. The Morgan fingerprint density at radius 2 is 1.54 bits per heavy atom. The second-order valence-electron chi connectivity index (χ2n) is 17.2. The summed E-state index contributed by atoms with van der Waals surface area (Å²) >= 11 is 0. The van der Waals surface area contributed by atoms with Gasteiger partial charge in [-0.2, -0.15) is 0 Å². The van der Waals surface area contributed by atoms with Gasteiger partial charge in [-0.15, -0.1) is 0 Å². The Labute approximate surface area is 232 Å². The first kappa shape index (κ1) is 29.8. The fraction of sp³-hybridized carbons (Fsp3) is 0.879. The van der Waals surface area contributed by atoms with Gasteiger partial charge in [-0.25, -0.2) is 0 Å². The van der Waals surface area contributed by atoms with E-state index in [1.807, 2.05) is 6.92 Å². The number of aliphatic hydroxyl groups is 1. The number of hydrogen-bond acceptors (Lipinski definition) is 2. The van der Waals surface area contributed by atoms with E-state index in [0.29, 0.717) is 28.9 Å². The largest absolute Gasteiger partial charge is 0.413 e. The van der Waals surface area contributed by atoms with Gasteiger partial charge in [0.15, 0.2) is 8.32 Å². The van der Waals surface area contributed by atoms with Crippen LogP contribution in [-0.4, -0.2) is 33.7 Å². The van der Waals surface area contributed by atoms with E-state index < -0.39 is 16.4 Å². The van der Waals surface area contributed by atoms with E-state index in [1.165, 1.54) is 38.5 Å². The van der Waals surface area contributed by atoms with Crippen molar-refractivity contribution in [3.63, 3.8) is 0 Å². The lowest BCUT2D eigenvalue weighted by atomic mass is 9.49. The van der Waals surface area contributed by atoms with Gasteiger partial charge in [0.25, 0.3) is 0 Å². The molecule has 0 radical (unpaired) electrons. The molecule has 4 rings (SSSR count). The Morgan fingerprint density at radius 1 is 0.919 bits per heavy atom. The molecule has 1 N–H and O–H groups in total. The first-order valence-corrected chi connectivity index (χ1v) is 21.4. The van der Waals surface area contributed by atoms with Crippen LogP contribution < -0.4 is 0 Å². The molecule has 4 aliphatic carbocycles. The van der Waals surface area contributed by atoms with Gasteiger partial charge in [-0.3, -0.25) is 0 Å². The molecule has 212 valence electrons. The highest BCUT2D eigenvalue weighted by Gasteiger charge is 2.61. The van der Waals surface area contributed by atoms with E-state index >= 15 is 0 Å². The summed E-state index contributed by atoms with van der Waals surface area (Å²) < 4.78 is 7.55.